The number of amides is 1. The van der Waals surface area contributed by atoms with E-state index in [1.807, 2.05) is 13.8 Å². The zero-order chi connectivity index (χ0) is 12.8. The quantitative estimate of drug-likeness (QED) is 0.850. The Hall–Kier alpha value is -0.970. The third-order valence-corrected chi connectivity index (χ3v) is 3.05. The van der Waals surface area contributed by atoms with Gasteiger partial charge in [-0.25, -0.2) is 0 Å². The number of aromatic nitrogens is 2. The molecule has 5 heteroatoms. The first kappa shape index (κ1) is 14.1. The van der Waals surface area contributed by atoms with Crippen LogP contribution in [0.3, 0.4) is 0 Å². The lowest BCUT2D eigenvalue weighted by Gasteiger charge is -2.14. The Balaban J connectivity index is 2.66. The molecule has 0 fully saturated rings. The fraction of sp³-hybridized carbons (Fsp3) is 0.583. The van der Waals surface area contributed by atoms with E-state index in [-0.39, 0.29) is 11.9 Å². The van der Waals surface area contributed by atoms with Crippen molar-refractivity contribution in [3.8, 4) is 0 Å². The molecular formula is C12H18BrN3O. The Labute approximate surface area is 110 Å². The number of alkyl halides is 1. The van der Waals surface area contributed by atoms with Gasteiger partial charge in [-0.1, -0.05) is 15.9 Å². The number of aryl methyl sites for hydroxylation is 2. The third-order valence-electron chi connectivity index (χ3n) is 2.49. The lowest BCUT2D eigenvalue weighted by molar-refractivity contribution is 0.0937. The van der Waals surface area contributed by atoms with Crippen LogP contribution >= 0.6 is 15.9 Å². The second-order valence-corrected chi connectivity index (χ2v) is 4.98. The summed E-state index contributed by atoms with van der Waals surface area (Å²) in [4.78, 5) is 12.0. The Bertz CT molecular complexity index is 395. The van der Waals surface area contributed by atoms with Crippen LogP contribution in [0.25, 0.3) is 0 Å². The van der Waals surface area contributed by atoms with Crippen molar-refractivity contribution in [2.75, 3.05) is 5.33 Å². The molecule has 4 nitrogen and oxygen atoms in total. The van der Waals surface area contributed by atoms with Gasteiger partial charge in [-0.3, -0.25) is 4.79 Å². The lowest BCUT2D eigenvalue weighted by Crippen LogP contribution is -2.33. The van der Waals surface area contributed by atoms with Gasteiger partial charge in [0.1, 0.15) is 0 Å². The number of halogens is 1. The zero-order valence-corrected chi connectivity index (χ0v) is 12.0. The normalized spacial score (nSPS) is 12.2. The Morgan fingerprint density at radius 3 is 2.82 bits per heavy atom. The summed E-state index contributed by atoms with van der Waals surface area (Å²) in [5.74, 6) is -0.0671. The maximum Gasteiger partial charge on any atom is 0.253 e. The first-order valence-electron chi connectivity index (χ1n) is 5.72. The Morgan fingerprint density at radius 2 is 2.18 bits per heavy atom. The van der Waals surface area contributed by atoms with E-state index in [1.54, 1.807) is 13.0 Å². The molecule has 1 heterocycles. The predicted octanol–water partition coefficient (Wildman–Crippen LogP) is 2.39. The van der Waals surface area contributed by atoms with Gasteiger partial charge < -0.3 is 5.32 Å². The maximum absolute atomic E-state index is 12.0. The van der Waals surface area contributed by atoms with Crippen molar-refractivity contribution in [2.24, 2.45) is 0 Å². The van der Waals surface area contributed by atoms with E-state index < -0.39 is 0 Å². The smallest absolute Gasteiger partial charge is 0.253 e. The molecule has 0 spiro atoms. The zero-order valence-electron chi connectivity index (χ0n) is 10.5. The van der Waals surface area contributed by atoms with Crippen molar-refractivity contribution in [3.63, 3.8) is 0 Å². The van der Waals surface area contributed by atoms with Gasteiger partial charge in [-0.2, -0.15) is 10.2 Å². The summed E-state index contributed by atoms with van der Waals surface area (Å²) in [6, 6.07) is 1.95. The number of carbonyl (C=O) groups is 1. The molecule has 0 bridgehead atoms. The lowest BCUT2D eigenvalue weighted by atomic mass is 10.1. The topological polar surface area (TPSA) is 54.9 Å². The van der Waals surface area contributed by atoms with Gasteiger partial charge in [-0.05, 0) is 39.7 Å². The average molecular weight is 300 g/mol. The number of carbonyl (C=O) groups excluding carboxylic acids is 1. The standard InChI is InChI=1S/C12H18BrN3O/c1-8(5-4-6-13)14-12(17)11-7-9(2)15-16-10(11)3/h7-8H,4-6H2,1-3H3,(H,14,17). The summed E-state index contributed by atoms with van der Waals surface area (Å²) in [6.07, 6.45) is 2.02. The summed E-state index contributed by atoms with van der Waals surface area (Å²) in [6.45, 7) is 5.64. The van der Waals surface area contributed by atoms with E-state index >= 15 is 0 Å². The van der Waals surface area contributed by atoms with E-state index in [4.69, 9.17) is 0 Å². The molecule has 17 heavy (non-hydrogen) atoms. The first-order chi connectivity index (χ1) is 8.04. The number of nitrogens with one attached hydrogen (secondary N) is 1. The van der Waals surface area contributed by atoms with Gasteiger partial charge in [0.15, 0.2) is 0 Å². The van der Waals surface area contributed by atoms with Crippen LogP contribution in [0.15, 0.2) is 6.07 Å². The maximum atomic E-state index is 12.0. The molecular weight excluding hydrogens is 282 g/mol. The SMILES string of the molecule is Cc1cc(C(=O)NC(C)CCCBr)c(C)nn1. The van der Waals surface area contributed by atoms with E-state index in [0.29, 0.717) is 11.3 Å². The molecule has 1 aromatic heterocycles. The Morgan fingerprint density at radius 1 is 1.47 bits per heavy atom. The van der Waals surface area contributed by atoms with Crippen molar-refractivity contribution in [1.29, 1.82) is 0 Å². The van der Waals surface area contributed by atoms with Crippen LogP contribution in [0.1, 0.15) is 41.5 Å². The fourth-order valence-corrected chi connectivity index (χ4v) is 1.86. The van der Waals surface area contributed by atoms with E-state index in [1.165, 1.54) is 0 Å². The molecule has 1 atom stereocenters. The highest BCUT2D eigenvalue weighted by Crippen LogP contribution is 2.07. The first-order valence-corrected chi connectivity index (χ1v) is 6.84. The summed E-state index contributed by atoms with van der Waals surface area (Å²) in [5, 5.41) is 11.8. The number of hydrogen-bond donors (Lipinski definition) is 1. The number of hydrogen-bond acceptors (Lipinski definition) is 3. The van der Waals surface area contributed by atoms with Crippen molar-refractivity contribution >= 4 is 21.8 Å². The van der Waals surface area contributed by atoms with E-state index in [9.17, 15) is 4.79 Å². The van der Waals surface area contributed by atoms with Crippen molar-refractivity contribution in [2.45, 2.75) is 39.7 Å². The molecule has 1 rings (SSSR count). The molecule has 1 N–H and O–H groups in total. The molecule has 0 aliphatic carbocycles. The third kappa shape index (κ3) is 4.42. The van der Waals surface area contributed by atoms with E-state index in [2.05, 4.69) is 31.4 Å². The largest absolute Gasteiger partial charge is 0.350 e. The molecule has 0 saturated carbocycles. The highest BCUT2D eigenvalue weighted by Gasteiger charge is 2.13. The Kier molecular flexibility index (Phi) is 5.55. The molecule has 1 amide bonds. The number of nitrogens with zero attached hydrogens (tertiary/aromatic N) is 2. The highest BCUT2D eigenvalue weighted by atomic mass is 79.9. The van der Waals surface area contributed by atoms with Crippen LogP contribution in [0.4, 0.5) is 0 Å². The fourth-order valence-electron chi connectivity index (χ4n) is 1.54. The van der Waals surface area contributed by atoms with Crippen LogP contribution in [-0.2, 0) is 0 Å². The second kappa shape index (κ2) is 6.69. The van der Waals surface area contributed by atoms with Crippen molar-refractivity contribution in [3.05, 3.63) is 23.0 Å². The van der Waals surface area contributed by atoms with Gasteiger partial charge in [0.25, 0.3) is 5.91 Å². The van der Waals surface area contributed by atoms with Crippen LogP contribution in [0, 0.1) is 13.8 Å². The molecule has 0 aromatic carbocycles. The molecule has 0 aliphatic heterocycles. The summed E-state index contributed by atoms with van der Waals surface area (Å²) < 4.78 is 0. The monoisotopic (exact) mass is 299 g/mol. The average Bonchev–Trinajstić information content (AvgIpc) is 2.29. The minimum Gasteiger partial charge on any atom is -0.350 e. The molecule has 1 aromatic rings. The summed E-state index contributed by atoms with van der Waals surface area (Å²) in [7, 11) is 0. The molecule has 94 valence electrons. The van der Waals surface area contributed by atoms with Crippen LogP contribution < -0.4 is 5.32 Å². The summed E-state index contributed by atoms with van der Waals surface area (Å²) in [5.41, 5.74) is 2.04. The van der Waals surface area contributed by atoms with Crippen molar-refractivity contribution < 1.29 is 4.79 Å². The van der Waals surface area contributed by atoms with E-state index in [0.717, 1.165) is 23.9 Å². The number of rotatable bonds is 5. The second-order valence-electron chi connectivity index (χ2n) is 4.19. The molecule has 0 aliphatic rings. The van der Waals surface area contributed by atoms with Crippen LogP contribution in [0.2, 0.25) is 0 Å². The van der Waals surface area contributed by atoms with Gasteiger partial charge in [0, 0.05) is 11.4 Å². The molecule has 0 radical (unpaired) electrons. The molecule has 1 unspecified atom stereocenters. The van der Waals surface area contributed by atoms with Gasteiger partial charge >= 0.3 is 0 Å². The van der Waals surface area contributed by atoms with Crippen molar-refractivity contribution in [1.82, 2.24) is 15.5 Å². The minimum atomic E-state index is -0.0671. The minimum absolute atomic E-state index is 0.0671. The predicted molar refractivity (Wildman–Crippen MR) is 71.5 cm³/mol. The van der Waals surface area contributed by atoms with Gasteiger partial charge in [-0.15, -0.1) is 0 Å². The molecule has 0 saturated heterocycles. The van der Waals surface area contributed by atoms with Gasteiger partial charge in [0.05, 0.1) is 17.0 Å². The van der Waals surface area contributed by atoms with Crippen LogP contribution in [0.5, 0.6) is 0 Å². The van der Waals surface area contributed by atoms with Gasteiger partial charge in [0.2, 0.25) is 0 Å². The summed E-state index contributed by atoms with van der Waals surface area (Å²) >= 11 is 3.38. The van der Waals surface area contributed by atoms with Crippen LogP contribution in [-0.4, -0.2) is 27.5 Å². The highest BCUT2D eigenvalue weighted by molar-refractivity contribution is 9.09.